The largest absolute Gasteiger partial charge is 0.354 e. The molecule has 2 atom stereocenters. The summed E-state index contributed by atoms with van der Waals surface area (Å²) >= 11 is 0. The maximum Gasteiger partial charge on any atom is 0.354 e. The molecule has 2 unspecified atom stereocenters. The first kappa shape index (κ1) is 19.8. The predicted octanol–water partition coefficient (Wildman–Crippen LogP) is 3.28. The van der Waals surface area contributed by atoms with E-state index in [4.69, 9.17) is 10.1 Å². The Hall–Kier alpha value is -2.47. The van der Waals surface area contributed by atoms with Crippen molar-refractivity contribution in [1.29, 1.82) is 0 Å². The fourth-order valence-corrected chi connectivity index (χ4v) is 4.84. The summed E-state index contributed by atoms with van der Waals surface area (Å²) in [7, 11) is -4.11. The lowest BCUT2D eigenvalue weighted by molar-refractivity contribution is 0.0431. The minimum atomic E-state index is -4.11. The molecule has 2 aromatic heterocycles. The van der Waals surface area contributed by atoms with Gasteiger partial charge >= 0.3 is 12.6 Å². The molecule has 0 bridgehead atoms. The number of aryl methyl sites for hydroxylation is 1. The standard InChI is InChI=1S/C17H19F3N6O2S/c1-8-5-6-10-13(8)23-11-4-2-3-9(11)14(10)24-17(27)25-29(21,28)12-7-22-26(15(12)18)16(19)20/h7-8,16H,2-6H2,1H3,(H3,21,23,24,25,27,28). The second-order valence-corrected chi connectivity index (χ2v) is 8.94. The highest BCUT2D eigenvalue weighted by Crippen LogP contribution is 2.41. The maximum atomic E-state index is 14.0. The average molecular weight is 428 g/mol. The fourth-order valence-electron chi connectivity index (χ4n) is 3.92. The first-order valence-electron chi connectivity index (χ1n) is 9.10. The van der Waals surface area contributed by atoms with Gasteiger partial charge in [0.05, 0.1) is 11.9 Å². The molecular weight excluding hydrogens is 409 g/mol. The number of pyridine rings is 1. The number of nitrogens with one attached hydrogen (secondary N) is 1. The SMILES string of the molecule is CC1CCc2c1nc1c(c2NC(=O)N=S(N)(=O)c2cnn(C(F)F)c2F)CCC1. The summed E-state index contributed by atoms with van der Waals surface area (Å²) in [5, 5.41) is 11.2. The molecule has 0 saturated carbocycles. The van der Waals surface area contributed by atoms with Gasteiger partial charge in [0.25, 0.3) is 0 Å². The monoisotopic (exact) mass is 428 g/mol. The third-order valence-corrected chi connectivity index (χ3v) is 6.65. The van der Waals surface area contributed by atoms with E-state index >= 15 is 0 Å². The number of alkyl halides is 2. The van der Waals surface area contributed by atoms with Gasteiger partial charge in [0.2, 0.25) is 5.95 Å². The summed E-state index contributed by atoms with van der Waals surface area (Å²) in [5.41, 5.74) is 4.28. The summed E-state index contributed by atoms with van der Waals surface area (Å²) in [6, 6.07) is -1.04. The van der Waals surface area contributed by atoms with Crippen molar-refractivity contribution in [1.82, 2.24) is 14.8 Å². The second-order valence-electron chi connectivity index (χ2n) is 7.18. The number of amides is 2. The number of hydrogen-bond acceptors (Lipinski definition) is 4. The van der Waals surface area contributed by atoms with Crippen LogP contribution in [0.4, 0.5) is 23.7 Å². The highest BCUT2D eigenvalue weighted by atomic mass is 32.2. The van der Waals surface area contributed by atoms with E-state index in [0.717, 1.165) is 54.6 Å². The molecule has 2 heterocycles. The minimum Gasteiger partial charge on any atom is -0.305 e. The van der Waals surface area contributed by atoms with Crippen LogP contribution in [0, 0.1) is 5.95 Å². The molecule has 0 saturated heterocycles. The first-order chi connectivity index (χ1) is 13.7. The Morgan fingerprint density at radius 2 is 2.14 bits per heavy atom. The number of nitrogens with zero attached hydrogens (tertiary/aromatic N) is 4. The molecule has 8 nitrogen and oxygen atoms in total. The molecule has 0 spiro atoms. The number of aromatic nitrogens is 3. The van der Waals surface area contributed by atoms with Gasteiger partial charge in [-0.25, -0.2) is 14.1 Å². The average Bonchev–Trinajstić information content (AvgIpc) is 3.33. The number of urea groups is 1. The van der Waals surface area contributed by atoms with E-state index in [2.05, 4.69) is 21.7 Å². The van der Waals surface area contributed by atoms with Gasteiger partial charge in [-0.1, -0.05) is 6.92 Å². The smallest absolute Gasteiger partial charge is 0.305 e. The van der Waals surface area contributed by atoms with Crippen LogP contribution in [0.1, 0.15) is 54.7 Å². The Bertz CT molecular complexity index is 1120. The third kappa shape index (κ3) is 3.39. The lowest BCUT2D eigenvalue weighted by Crippen LogP contribution is -2.20. The zero-order valence-electron chi connectivity index (χ0n) is 15.5. The van der Waals surface area contributed by atoms with Crippen molar-refractivity contribution < 1.29 is 22.2 Å². The lowest BCUT2D eigenvalue weighted by atomic mass is 10.0. The van der Waals surface area contributed by atoms with Crippen molar-refractivity contribution in [2.45, 2.75) is 56.4 Å². The van der Waals surface area contributed by atoms with Crippen LogP contribution < -0.4 is 10.5 Å². The van der Waals surface area contributed by atoms with Crippen molar-refractivity contribution in [2.75, 3.05) is 5.32 Å². The summed E-state index contributed by atoms with van der Waals surface area (Å²) in [5.74, 6) is -1.33. The summed E-state index contributed by atoms with van der Waals surface area (Å²) in [4.78, 5) is 16.4. The van der Waals surface area contributed by atoms with Crippen LogP contribution in [0.25, 0.3) is 0 Å². The van der Waals surface area contributed by atoms with Gasteiger partial charge in [0.15, 0.2) is 0 Å². The molecule has 0 aromatic carbocycles. The van der Waals surface area contributed by atoms with Gasteiger partial charge < -0.3 is 5.32 Å². The minimum absolute atomic E-state index is 0.261. The highest BCUT2D eigenvalue weighted by molar-refractivity contribution is 7.91. The molecule has 12 heteroatoms. The van der Waals surface area contributed by atoms with Gasteiger partial charge in [-0.2, -0.15) is 23.0 Å². The molecule has 4 rings (SSSR count). The third-order valence-electron chi connectivity index (χ3n) is 5.31. The number of nitrogens with two attached hydrogens (primary N) is 1. The van der Waals surface area contributed by atoms with Crippen LogP contribution in [0.15, 0.2) is 15.5 Å². The lowest BCUT2D eigenvalue weighted by Gasteiger charge is -2.15. The molecule has 2 aliphatic rings. The maximum absolute atomic E-state index is 14.0. The number of carbonyl (C=O) groups excluding carboxylic acids is 1. The Labute approximate surface area is 165 Å². The first-order valence-corrected chi connectivity index (χ1v) is 10.7. The molecular formula is C17H19F3N6O2S. The molecule has 3 N–H and O–H groups in total. The topological polar surface area (TPSA) is 115 Å². The molecule has 2 aliphatic carbocycles. The number of halogens is 3. The Morgan fingerprint density at radius 3 is 2.83 bits per heavy atom. The van der Waals surface area contributed by atoms with Gasteiger partial charge in [-0.3, -0.25) is 4.98 Å². The number of fused-ring (bicyclic) bond motifs is 2. The number of rotatable bonds is 3. The van der Waals surface area contributed by atoms with Crippen LogP contribution in [-0.2, 0) is 29.2 Å². The highest BCUT2D eigenvalue weighted by Gasteiger charge is 2.30. The second kappa shape index (κ2) is 7.10. The predicted molar refractivity (Wildman–Crippen MR) is 98.5 cm³/mol. The van der Waals surface area contributed by atoms with Crippen LogP contribution >= 0.6 is 0 Å². The van der Waals surface area contributed by atoms with Gasteiger partial charge in [0, 0.05) is 11.4 Å². The van der Waals surface area contributed by atoms with Crippen LogP contribution in [-0.4, -0.2) is 25.0 Å². The summed E-state index contributed by atoms with van der Waals surface area (Å²) in [6.45, 7) is -1.22. The van der Waals surface area contributed by atoms with Gasteiger partial charge in [-0.15, -0.1) is 4.36 Å². The van der Waals surface area contributed by atoms with Crippen molar-refractivity contribution >= 4 is 21.6 Å². The zero-order chi connectivity index (χ0) is 20.9. The van der Waals surface area contributed by atoms with Gasteiger partial charge in [0.1, 0.15) is 14.8 Å². The van der Waals surface area contributed by atoms with Crippen molar-refractivity contribution in [3.05, 3.63) is 34.7 Å². The Kier molecular flexibility index (Phi) is 4.85. The van der Waals surface area contributed by atoms with Crippen molar-refractivity contribution in [3.8, 4) is 0 Å². The van der Waals surface area contributed by atoms with Gasteiger partial charge in [-0.05, 0) is 49.1 Å². The normalized spacial score (nSPS) is 19.7. The Balaban J connectivity index is 1.69. The van der Waals surface area contributed by atoms with Crippen molar-refractivity contribution in [2.24, 2.45) is 9.50 Å². The van der Waals surface area contributed by atoms with E-state index in [9.17, 15) is 22.2 Å². The van der Waals surface area contributed by atoms with E-state index in [1.165, 1.54) is 0 Å². The quantitative estimate of drug-likeness (QED) is 0.780. The molecule has 156 valence electrons. The van der Waals surface area contributed by atoms with Crippen LogP contribution in [0.5, 0.6) is 0 Å². The fraction of sp³-hybridized carbons (Fsp3) is 0.471. The van der Waals surface area contributed by atoms with E-state index in [1.807, 2.05) is 0 Å². The number of anilines is 1. The van der Waals surface area contributed by atoms with Crippen molar-refractivity contribution in [3.63, 3.8) is 0 Å². The van der Waals surface area contributed by atoms with Crippen LogP contribution in [0.2, 0.25) is 0 Å². The van der Waals surface area contributed by atoms with Crippen LogP contribution in [0.3, 0.4) is 0 Å². The molecule has 0 aliphatic heterocycles. The molecule has 0 radical (unpaired) electrons. The van der Waals surface area contributed by atoms with E-state index in [0.29, 0.717) is 11.9 Å². The number of carbonyl (C=O) groups is 1. The van der Waals surface area contributed by atoms with E-state index in [1.54, 1.807) is 0 Å². The Morgan fingerprint density at radius 1 is 1.38 bits per heavy atom. The molecule has 2 amide bonds. The molecule has 0 fully saturated rings. The zero-order valence-corrected chi connectivity index (χ0v) is 16.3. The summed E-state index contributed by atoms with van der Waals surface area (Å²) in [6.07, 6.45) is 4.68. The summed E-state index contributed by atoms with van der Waals surface area (Å²) < 4.78 is 55.0. The van der Waals surface area contributed by atoms with E-state index in [-0.39, 0.29) is 10.6 Å². The number of hydrogen-bond donors (Lipinski definition) is 2. The molecule has 2 aromatic rings. The molecule has 29 heavy (non-hydrogen) atoms. The van der Waals surface area contributed by atoms with E-state index < -0.39 is 33.3 Å².